The molecule has 0 aromatic rings. The largest absolute Gasteiger partial charge is 0.480 e. The van der Waals surface area contributed by atoms with E-state index in [2.05, 4.69) is 4.74 Å². The standard InChI is InChI=1S/C7H8F3NO4/c8-7(9,10)3-11-4(5(12)13)1-2-15-6(11)14/h4H,1-3H2,(H,12,13). The van der Waals surface area contributed by atoms with Crippen molar-refractivity contribution in [1.82, 2.24) is 4.90 Å². The molecule has 1 amide bonds. The summed E-state index contributed by atoms with van der Waals surface area (Å²) in [5, 5.41) is 8.61. The summed E-state index contributed by atoms with van der Waals surface area (Å²) in [6.07, 6.45) is -6.02. The number of alkyl halides is 3. The van der Waals surface area contributed by atoms with E-state index in [1.54, 1.807) is 0 Å². The molecule has 0 bridgehead atoms. The minimum atomic E-state index is -4.63. The summed E-state index contributed by atoms with van der Waals surface area (Å²) in [5.74, 6) is -1.46. The molecule has 15 heavy (non-hydrogen) atoms. The Morgan fingerprint density at radius 1 is 1.60 bits per heavy atom. The zero-order chi connectivity index (χ0) is 11.6. The van der Waals surface area contributed by atoms with E-state index in [1.807, 2.05) is 0 Å². The van der Waals surface area contributed by atoms with Crippen LogP contribution in [0.1, 0.15) is 6.42 Å². The second-order valence-corrected chi connectivity index (χ2v) is 3.00. The molecule has 5 nitrogen and oxygen atoms in total. The van der Waals surface area contributed by atoms with Crippen LogP contribution in [0.2, 0.25) is 0 Å². The Bertz CT molecular complexity index is 278. The molecule has 1 atom stereocenters. The molecule has 0 aromatic carbocycles. The number of halogens is 3. The molecule has 1 aliphatic rings. The molecule has 1 N–H and O–H groups in total. The lowest BCUT2D eigenvalue weighted by atomic mass is 10.1. The van der Waals surface area contributed by atoms with Gasteiger partial charge in [0, 0.05) is 6.42 Å². The Labute approximate surface area is 82.4 Å². The second kappa shape index (κ2) is 3.95. The smallest absolute Gasteiger partial charge is 0.410 e. The average Bonchev–Trinajstić information content (AvgIpc) is 2.05. The van der Waals surface area contributed by atoms with Gasteiger partial charge in [-0.1, -0.05) is 0 Å². The van der Waals surface area contributed by atoms with Gasteiger partial charge in [0.2, 0.25) is 0 Å². The van der Waals surface area contributed by atoms with E-state index in [-0.39, 0.29) is 17.9 Å². The SMILES string of the molecule is O=C(O)C1CCOC(=O)N1CC(F)(F)F. The second-order valence-electron chi connectivity index (χ2n) is 3.00. The van der Waals surface area contributed by atoms with E-state index in [0.717, 1.165) is 0 Å². The van der Waals surface area contributed by atoms with Crippen LogP contribution < -0.4 is 0 Å². The summed E-state index contributed by atoms with van der Waals surface area (Å²) < 4.78 is 40.4. The van der Waals surface area contributed by atoms with Crippen LogP contribution in [0, 0.1) is 0 Å². The number of cyclic esters (lactones) is 1. The van der Waals surface area contributed by atoms with Gasteiger partial charge in [0.05, 0.1) is 6.61 Å². The minimum Gasteiger partial charge on any atom is -0.480 e. The highest BCUT2D eigenvalue weighted by Crippen LogP contribution is 2.22. The summed E-state index contributed by atoms with van der Waals surface area (Å²) in [5.41, 5.74) is 0. The fraction of sp³-hybridized carbons (Fsp3) is 0.714. The van der Waals surface area contributed by atoms with E-state index in [0.29, 0.717) is 0 Å². The highest BCUT2D eigenvalue weighted by Gasteiger charge is 2.42. The predicted octanol–water partition coefficient (Wildman–Crippen LogP) is 0.844. The average molecular weight is 227 g/mol. The van der Waals surface area contributed by atoms with Crippen LogP contribution in [0.5, 0.6) is 0 Å². The molecule has 0 aromatic heterocycles. The number of hydrogen-bond donors (Lipinski definition) is 1. The summed E-state index contributed by atoms with van der Waals surface area (Å²) >= 11 is 0. The third kappa shape index (κ3) is 3.00. The summed E-state index contributed by atoms with van der Waals surface area (Å²) in [6.45, 7) is -1.78. The molecular formula is C7H8F3NO4. The Hall–Kier alpha value is -1.47. The first-order chi connectivity index (χ1) is 6.81. The number of nitrogens with zero attached hydrogens (tertiary/aromatic N) is 1. The van der Waals surface area contributed by atoms with E-state index < -0.39 is 30.8 Å². The maximum atomic E-state index is 12.0. The highest BCUT2D eigenvalue weighted by atomic mass is 19.4. The summed E-state index contributed by atoms with van der Waals surface area (Å²) in [4.78, 5) is 21.7. The number of carbonyl (C=O) groups excluding carboxylic acids is 1. The molecule has 0 aliphatic carbocycles. The van der Waals surface area contributed by atoms with Gasteiger partial charge in [0.15, 0.2) is 0 Å². The van der Waals surface area contributed by atoms with Crippen LogP contribution in [-0.4, -0.2) is 47.4 Å². The van der Waals surface area contributed by atoms with Crippen LogP contribution in [0.25, 0.3) is 0 Å². The molecule has 1 fully saturated rings. The highest BCUT2D eigenvalue weighted by molar-refractivity contribution is 5.81. The first-order valence-electron chi connectivity index (χ1n) is 4.04. The molecule has 0 saturated carbocycles. The van der Waals surface area contributed by atoms with Crippen LogP contribution in [-0.2, 0) is 9.53 Å². The first kappa shape index (κ1) is 11.6. The van der Waals surface area contributed by atoms with Gasteiger partial charge in [-0.05, 0) is 0 Å². The number of ether oxygens (including phenoxy) is 1. The minimum absolute atomic E-state index is 0.142. The maximum Gasteiger partial charge on any atom is 0.410 e. The molecule has 1 unspecified atom stereocenters. The zero-order valence-electron chi connectivity index (χ0n) is 7.45. The van der Waals surface area contributed by atoms with Gasteiger partial charge in [-0.25, -0.2) is 9.59 Å². The van der Waals surface area contributed by atoms with Crippen molar-refractivity contribution in [3.8, 4) is 0 Å². The number of rotatable bonds is 2. The number of carbonyl (C=O) groups is 2. The number of amides is 1. The zero-order valence-corrected chi connectivity index (χ0v) is 7.45. The van der Waals surface area contributed by atoms with Crippen molar-refractivity contribution in [3.63, 3.8) is 0 Å². The van der Waals surface area contributed by atoms with E-state index >= 15 is 0 Å². The van der Waals surface area contributed by atoms with Crippen molar-refractivity contribution >= 4 is 12.1 Å². The Morgan fingerprint density at radius 2 is 2.20 bits per heavy atom. The van der Waals surface area contributed by atoms with Crippen LogP contribution in [0.4, 0.5) is 18.0 Å². The van der Waals surface area contributed by atoms with E-state index in [4.69, 9.17) is 5.11 Å². The number of carboxylic acid groups (broad SMARTS) is 1. The van der Waals surface area contributed by atoms with Crippen molar-refractivity contribution < 1.29 is 32.6 Å². The maximum absolute atomic E-state index is 12.0. The van der Waals surface area contributed by atoms with Gasteiger partial charge in [-0.3, -0.25) is 4.90 Å². The number of carboxylic acids is 1. The fourth-order valence-corrected chi connectivity index (χ4v) is 1.25. The fourth-order valence-electron chi connectivity index (χ4n) is 1.25. The first-order valence-corrected chi connectivity index (χ1v) is 4.04. The molecule has 86 valence electrons. The molecule has 1 aliphatic heterocycles. The predicted molar refractivity (Wildman–Crippen MR) is 40.1 cm³/mol. The number of aliphatic carboxylic acids is 1. The van der Waals surface area contributed by atoms with Crippen molar-refractivity contribution in [2.45, 2.75) is 18.6 Å². The molecule has 0 spiro atoms. The Kier molecular flexibility index (Phi) is 3.06. The Morgan fingerprint density at radius 3 is 2.67 bits per heavy atom. The molecule has 1 rings (SSSR count). The van der Waals surface area contributed by atoms with Gasteiger partial charge >= 0.3 is 18.2 Å². The summed E-state index contributed by atoms with van der Waals surface area (Å²) in [6, 6.07) is -1.46. The van der Waals surface area contributed by atoms with Gasteiger partial charge in [0.25, 0.3) is 0 Å². The molecular weight excluding hydrogens is 219 g/mol. The molecule has 8 heteroatoms. The van der Waals surface area contributed by atoms with Gasteiger partial charge in [0.1, 0.15) is 12.6 Å². The molecule has 1 heterocycles. The normalized spacial score (nSPS) is 22.5. The van der Waals surface area contributed by atoms with Crippen LogP contribution in [0.3, 0.4) is 0 Å². The van der Waals surface area contributed by atoms with Crippen molar-refractivity contribution in [3.05, 3.63) is 0 Å². The topological polar surface area (TPSA) is 66.8 Å². The lowest BCUT2D eigenvalue weighted by Crippen LogP contribution is -2.52. The Balaban J connectivity index is 2.78. The van der Waals surface area contributed by atoms with Crippen molar-refractivity contribution in [2.75, 3.05) is 13.2 Å². The van der Waals surface area contributed by atoms with Gasteiger partial charge in [-0.15, -0.1) is 0 Å². The third-order valence-corrected chi connectivity index (χ3v) is 1.86. The lowest BCUT2D eigenvalue weighted by Gasteiger charge is -2.32. The van der Waals surface area contributed by atoms with Crippen molar-refractivity contribution in [1.29, 1.82) is 0 Å². The monoisotopic (exact) mass is 227 g/mol. The molecule has 0 radical (unpaired) electrons. The molecule has 1 saturated heterocycles. The van der Waals surface area contributed by atoms with E-state index in [9.17, 15) is 22.8 Å². The van der Waals surface area contributed by atoms with Crippen LogP contribution >= 0.6 is 0 Å². The van der Waals surface area contributed by atoms with Gasteiger partial charge < -0.3 is 9.84 Å². The third-order valence-electron chi connectivity index (χ3n) is 1.86. The lowest BCUT2D eigenvalue weighted by molar-refractivity contribution is -0.162. The quantitative estimate of drug-likeness (QED) is 0.759. The van der Waals surface area contributed by atoms with E-state index in [1.165, 1.54) is 0 Å². The van der Waals surface area contributed by atoms with Crippen molar-refractivity contribution in [2.24, 2.45) is 0 Å². The van der Waals surface area contributed by atoms with Gasteiger partial charge in [-0.2, -0.15) is 13.2 Å². The van der Waals surface area contributed by atoms with Crippen LogP contribution in [0.15, 0.2) is 0 Å². The summed E-state index contributed by atoms with van der Waals surface area (Å²) in [7, 11) is 0. The number of hydrogen-bond acceptors (Lipinski definition) is 3.